The third kappa shape index (κ3) is 2.46. The van der Waals surface area contributed by atoms with E-state index in [1.165, 1.54) is 25.2 Å². The average molecular weight is 221 g/mol. The number of rotatable bonds is 5. The molecule has 0 saturated heterocycles. The lowest BCUT2D eigenvalue weighted by atomic mass is 10.2. The van der Waals surface area contributed by atoms with E-state index in [1.807, 2.05) is 0 Å². The number of nitrogens with two attached hydrogens (primary N) is 2. The molecule has 1 aromatic heterocycles. The van der Waals surface area contributed by atoms with Crippen LogP contribution in [0.3, 0.4) is 0 Å². The highest BCUT2D eigenvalue weighted by Crippen LogP contribution is 2.31. The van der Waals surface area contributed by atoms with Crippen molar-refractivity contribution in [2.75, 3.05) is 11.9 Å². The van der Waals surface area contributed by atoms with E-state index in [0.717, 1.165) is 0 Å². The summed E-state index contributed by atoms with van der Waals surface area (Å²) in [5.41, 5.74) is 11.3. The molecule has 2 rings (SSSR count). The van der Waals surface area contributed by atoms with Crippen LogP contribution in [0.2, 0.25) is 0 Å². The van der Waals surface area contributed by atoms with Crippen LogP contribution < -0.4 is 16.8 Å². The fourth-order valence-electron chi connectivity index (χ4n) is 1.55. The summed E-state index contributed by atoms with van der Waals surface area (Å²) in [6.45, 7) is 0.587. The first-order valence-corrected chi connectivity index (χ1v) is 5.28. The maximum Gasteiger partial charge on any atom is 0.271 e. The molecule has 0 radical (unpaired) electrons. The Labute approximate surface area is 93.4 Å². The van der Waals surface area contributed by atoms with Crippen molar-refractivity contribution in [3.05, 3.63) is 18.1 Å². The average Bonchev–Trinajstić information content (AvgIpc) is 3.10. The van der Waals surface area contributed by atoms with Crippen LogP contribution in [0.15, 0.2) is 12.4 Å². The lowest BCUT2D eigenvalue weighted by Gasteiger charge is -2.12. The highest BCUT2D eigenvalue weighted by molar-refractivity contribution is 5.95. The molecule has 0 aromatic carbocycles. The molecular formula is C10H15N5O. The maximum atomic E-state index is 11.1. The molecule has 1 aromatic rings. The second-order valence-electron chi connectivity index (χ2n) is 4.00. The van der Waals surface area contributed by atoms with Gasteiger partial charge in [-0.2, -0.15) is 0 Å². The molecule has 0 bridgehead atoms. The Hall–Kier alpha value is -1.69. The Bertz CT molecular complexity index is 391. The summed E-state index contributed by atoms with van der Waals surface area (Å²) in [6, 6.07) is 0.0998. The van der Waals surface area contributed by atoms with Crippen molar-refractivity contribution in [2.45, 2.75) is 18.9 Å². The van der Waals surface area contributed by atoms with Gasteiger partial charge in [-0.25, -0.2) is 9.97 Å². The van der Waals surface area contributed by atoms with E-state index >= 15 is 0 Å². The number of amides is 1. The molecule has 0 aliphatic heterocycles. The SMILES string of the molecule is NC(=O)c1nccnc1NCC(N)C1CC1. The van der Waals surface area contributed by atoms with Crippen molar-refractivity contribution < 1.29 is 4.79 Å². The second-order valence-corrected chi connectivity index (χ2v) is 4.00. The van der Waals surface area contributed by atoms with Gasteiger partial charge in [0.05, 0.1) is 0 Å². The Morgan fingerprint density at radius 1 is 1.50 bits per heavy atom. The number of primary amides is 1. The smallest absolute Gasteiger partial charge is 0.271 e. The monoisotopic (exact) mass is 221 g/mol. The van der Waals surface area contributed by atoms with Crippen LogP contribution in [0.5, 0.6) is 0 Å². The van der Waals surface area contributed by atoms with E-state index in [1.54, 1.807) is 0 Å². The molecule has 5 N–H and O–H groups in total. The lowest BCUT2D eigenvalue weighted by Crippen LogP contribution is -2.32. The van der Waals surface area contributed by atoms with Gasteiger partial charge in [0.1, 0.15) is 0 Å². The number of aromatic nitrogens is 2. The van der Waals surface area contributed by atoms with Crippen molar-refractivity contribution in [3.63, 3.8) is 0 Å². The zero-order valence-corrected chi connectivity index (χ0v) is 8.89. The first-order chi connectivity index (χ1) is 7.68. The van der Waals surface area contributed by atoms with Crippen LogP contribution >= 0.6 is 0 Å². The molecule has 1 aliphatic rings. The van der Waals surface area contributed by atoms with E-state index in [0.29, 0.717) is 18.3 Å². The molecule has 16 heavy (non-hydrogen) atoms. The van der Waals surface area contributed by atoms with Gasteiger partial charge in [-0.15, -0.1) is 0 Å². The molecule has 1 atom stereocenters. The molecule has 1 aliphatic carbocycles. The molecule has 1 unspecified atom stereocenters. The summed E-state index contributed by atoms with van der Waals surface area (Å²) < 4.78 is 0. The van der Waals surface area contributed by atoms with E-state index in [4.69, 9.17) is 11.5 Å². The summed E-state index contributed by atoms with van der Waals surface area (Å²) >= 11 is 0. The Morgan fingerprint density at radius 2 is 2.19 bits per heavy atom. The van der Waals surface area contributed by atoms with E-state index in [-0.39, 0.29) is 11.7 Å². The number of hydrogen-bond donors (Lipinski definition) is 3. The molecule has 6 heteroatoms. The third-order valence-corrected chi connectivity index (χ3v) is 2.66. The summed E-state index contributed by atoms with van der Waals surface area (Å²) in [5, 5.41) is 3.02. The van der Waals surface area contributed by atoms with Gasteiger partial charge in [0.2, 0.25) is 0 Å². The molecule has 1 fully saturated rings. The van der Waals surface area contributed by atoms with Crippen molar-refractivity contribution in [1.82, 2.24) is 9.97 Å². The van der Waals surface area contributed by atoms with Gasteiger partial charge in [-0.05, 0) is 18.8 Å². The molecule has 6 nitrogen and oxygen atoms in total. The predicted octanol–water partition coefficient (Wildman–Crippen LogP) is -0.275. The van der Waals surface area contributed by atoms with Gasteiger partial charge in [-0.1, -0.05) is 0 Å². The summed E-state index contributed by atoms with van der Waals surface area (Å²) in [6.07, 6.45) is 5.32. The number of nitrogens with one attached hydrogen (secondary N) is 1. The summed E-state index contributed by atoms with van der Waals surface area (Å²) in [5.74, 6) is 0.419. The van der Waals surface area contributed by atoms with Crippen molar-refractivity contribution >= 4 is 11.7 Å². The number of carbonyl (C=O) groups excluding carboxylic acids is 1. The van der Waals surface area contributed by atoms with E-state index in [9.17, 15) is 4.79 Å². The summed E-state index contributed by atoms with van der Waals surface area (Å²) in [7, 11) is 0. The quantitative estimate of drug-likeness (QED) is 0.634. The van der Waals surface area contributed by atoms with Gasteiger partial charge in [0.15, 0.2) is 11.5 Å². The minimum absolute atomic E-state index is 0.0998. The minimum Gasteiger partial charge on any atom is -0.367 e. The highest BCUT2D eigenvalue weighted by atomic mass is 16.1. The Morgan fingerprint density at radius 3 is 2.81 bits per heavy atom. The van der Waals surface area contributed by atoms with Gasteiger partial charge >= 0.3 is 0 Å². The number of carbonyl (C=O) groups is 1. The zero-order valence-electron chi connectivity index (χ0n) is 8.89. The van der Waals surface area contributed by atoms with Crippen molar-refractivity contribution in [3.8, 4) is 0 Å². The molecule has 0 spiro atoms. The van der Waals surface area contributed by atoms with Gasteiger partial charge < -0.3 is 16.8 Å². The highest BCUT2D eigenvalue weighted by Gasteiger charge is 2.28. The molecule has 86 valence electrons. The molecular weight excluding hydrogens is 206 g/mol. The Balaban J connectivity index is 1.99. The predicted molar refractivity (Wildman–Crippen MR) is 59.7 cm³/mol. The molecule has 1 amide bonds. The lowest BCUT2D eigenvalue weighted by molar-refractivity contribution is 0.0996. The Kier molecular flexibility index (Phi) is 3.00. The molecule has 1 heterocycles. The number of anilines is 1. The third-order valence-electron chi connectivity index (χ3n) is 2.66. The van der Waals surface area contributed by atoms with Gasteiger partial charge in [-0.3, -0.25) is 4.79 Å². The van der Waals surface area contributed by atoms with Crippen LogP contribution in [0, 0.1) is 5.92 Å². The maximum absolute atomic E-state index is 11.1. The number of nitrogens with zero attached hydrogens (tertiary/aromatic N) is 2. The van der Waals surface area contributed by atoms with Crippen molar-refractivity contribution in [1.29, 1.82) is 0 Å². The van der Waals surface area contributed by atoms with E-state index in [2.05, 4.69) is 15.3 Å². The summed E-state index contributed by atoms with van der Waals surface area (Å²) in [4.78, 5) is 19.0. The van der Waals surface area contributed by atoms with Gasteiger partial charge in [0, 0.05) is 25.0 Å². The standard InChI is InChI=1S/C10H15N5O/c11-7(6-1-2-6)5-15-10-8(9(12)16)13-3-4-14-10/h3-4,6-7H,1-2,5,11H2,(H2,12,16)(H,14,15). The van der Waals surface area contributed by atoms with Crippen LogP contribution in [-0.4, -0.2) is 28.5 Å². The van der Waals surface area contributed by atoms with Crippen LogP contribution in [0.25, 0.3) is 0 Å². The van der Waals surface area contributed by atoms with Crippen LogP contribution in [0.1, 0.15) is 23.3 Å². The first kappa shape index (κ1) is 10.8. The van der Waals surface area contributed by atoms with E-state index < -0.39 is 5.91 Å². The number of hydrogen-bond acceptors (Lipinski definition) is 5. The first-order valence-electron chi connectivity index (χ1n) is 5.28. The van der Waals surface area contributed by atoms with Gasteiger partial charge in [0.25, 0.3) is 5.91 Å². The minimum atomic E-state index is -0.587. The fraction of sp³-hybridized carbons (Fsp3) is 0.500. The van der Waals surface area contributed by atoms with Crippen LogP contribution in [-0.2, 0) is 0 Å². The zero-order chi connectivity index (χ0) is 11.5. The van der Waals surface area contributed by atoms with Crippen molar-refractivity contribution in [2.24, 2.45) is 17.4 Å². The molecule has 1 saturated carbocycles. The van der Waals surface area contributed by atoms with Crippen LogP contribution in [0.4, 0.5) is 5.82 Å². The normalized spacial score (nSPS) is 16.8. The topological polar surface area (TPSA) is 107 Å². The largest absolute Gasteiger partial charge is 0.367 e. The fourth-order valence-corrected chi connectivity index (χ4v) is 1.55. The second kappa shape index (κ2) is 4.44.